The van der Waals surface area contributed by atoms with Crippen LogP contribution in [0.5, 0.6) is 0 Å². The normalized spacial score (nSPS) is 10.9. The van der Waals surface area contributed by atoms with Gasteiger partial charge in [-0.3, -0.25) is 4.79 Å². The summed E-state index contributed by atoms with van der Waals surface area (Å²) < 4.78 is 6.97. The van der Waals surface area contributed by atoms with Gasteiger partial charge in [-0.25, -0.2) is 5.43 Å². The van der Waals surface area contributed by atoms with Gasteiger partial charge in [0.1, 0.15) is 6.34 Å². The fraction of sp³-hybridized carbons (Fsp3) is 0.125. The number of carbonyl (C=O) groups is 1. The van der Waals surface area contributed by atoms with Crippen LogP contribution in [0.2, 0.25) is 0 Å². The summed E-state index contributed by atoms with van der Waals surface area (Å²) in [5.41, 5.74) is 4.03. The third kappa shape index (κ3) is 3.49. The van der Waals surface area contributed by atoms with Crippen LogP contribution in [-0.4, -0.2) is 45.9 Å². The largest absolute Gasteiger partial charge is 0.367 e. The third-order valence-electron chi connectivity index (χ3n) is 3.08. The van der Waals surface area contributed by atoms with Crippen molar-refractivity contribution in [3.05, 3.63) is 54.7 Å². The maximum absolute atomic E-state index is 11.9. The Bertz CT molecular complexity index is 851. The van der Waals surface area contributed by atoms with Crippen molar-refractivity contribution in [1.29, 1.82) is 0 Å². The zero-order valence-corrected chi connectivity index (χ0v) is 13.2. The van der Waals surface area contributed by atoms with Gasteiger partial charge >= 0.3 is 11.8 Å². The predicted octanol–water partition coefficient (Wildman–Crippen LogP) is 1.76. The van der Waals surface area contributed by atoms with Crippen molar-refractivity contribution in [1.82, 2.24) is 25.0 Å². The van der Waals surface area contributed by atoms with Crippen molar-refractivity contribution in [2.45, 2.75) is 0 Å². The van der Waals surface area contributed by atoms with Crippen LogP contribution in [0.4, 0.5) is 0 Å². The van der Waals surface area contributed by atoms with Gasteiger partial charge in [-0.05, 0) is 24.3 Å². The smallest absolute Gasteiger partial charge is 0.329 e. The fourth-order valence-electron chi connectivity index (χ4n) is 2.00. The van der Waals surface area contributed by atoms with E-state index in [0.717, 1.165) is 11.3 Å². The van der Waals surface area contributed by atoms with Crippen molar-refractivity contribution in [2.75, 3.05) is 14.1 Å². The quantitative estimate of drug-likeness (QED) is 0.439. The molecule has 3 rings (SSSR count). The Morgan fingerprint density at radius 1 is 1.29 bits per heavy atom. The molecular weight excluding hydrogens is 308 g/mol. The van der Waals surface area contributed by atoms with Crippen molar-refractivity contribution in [3.8, 4) is 17.1 Å². The first-order valence-corrected chi connectivity index (χ1v) is 7.21. The Morgan fingerprint density at radius 3 is 2.83 bits per heavy atom. The van der Waals surface area contributed by atoms with Gasteiger partial charge in [0.2, 0.25) is 5.82 Å². The highest BCUT2D eigenvalue weighted by molar-refractivity contribution is 5.90. The number of hydrazone groups is 1. The van der Waals surface area contributed by atoms with Crippen molar-refractivity contribution in [3.63, 3.8) is 0 Å². The molecule has 0 saturated carbocycles. The Balaban J connectivity index is 1.78. The van der Waals surface area contributed by atoms with E-state index in [9.17, 15) is 4.79 Å². The van der Waals surface area contributed by atoms with Gasteiger partial charge in [0.05, 0.1) is 0 Å². The predicted molar refractivity (Wildman–Crippen MR) is 88.7 cm³/mol. The number of hydrogen-bond donors (Lipinski definition) is 1. The van der Waals surface area contributed by atoms with Gasteiger partial charge in [0.15, 0.2) is 0 Å². The van der Waals surface area contributed by atoms with Crippen LogP contribution in [0.3, 0.4) is 0 Å². The SMILES string of the molecule is CN(C)/C=N\NC(=O)c1nc(-c2cccc(-n3cccc3)c2)no1. The second-order valence-electron chi connectivity index (χ2n) is 5.21. The molecule has 2 heterocycles. The molecule has 0 aliphatic carbocycles. The second-order valence-corrected chi connectivity index (χ2v) is 5.21. The van der Waals surface area contributed by atoms with E-state index < -0.39 is 5.91 Å². The molecule has 8 heteroatoms. The molecule has 3 aromatic rings. The average molecular weight is 324 g/mol. The van der Waals surface area contributed by atoms with E-state index in [1.807, 2.05) is 53.4 Å². The number of carbonyl (C=O) groups excluding carboxylic acids is 1. The van der Waals surface area contributed by atoms with E-state index in [0.29, 0.717) is 5.82 Å². The molecule has 0 saturated heterocycles. The zero-order valence-electron chi connectivity index (χ0n) is 13.2. The van der Waals surface area contributed by atoms with Crippen LogP contribution in [0.15, 0.2) is 58.4 Å². The summed E-state index contributed by atoms with van der Waals surface area (Å²) >= 11 is 0. The maximum Gasteiger partial charge on any atom is 0.329 e. The van der Waals surface area contributed by atoms with E-state index in [1.54, 1.807) is 19.0 Å². The summed E-state index contributed by atoms with van der Waals surface area (Å²) in [5, 5.41) is 7.60. The van der Waals surface area contributed by atoms with Gasteiger partial charge in [0, 0.05) is 37.7 Å². The summed E-state index contributed by atoms with van der Waals surface area (Å²) in [7, 11) is 3.58. The molecule has 0 aliphatic heterocycles. The lowest BCUT2D eigenvalue weighted by Crippen LogP contribution is -2.20. The summed E-state index contributed by atoms with van der Waals surface area (Å²) in [4.78, 5) is 17.7. The van der Waals surface area contributed by atoms with E-state index in [-0.39, 0.29) is 5.89 Å². The monoisotopic (exact) mass is 324 g/mol. The molecule has 0 radical (unpaired) electrons. The molecule has 1 aromatic carbocycles. The first-order valence-electron chi connectivity index (χ1n) is 7.21. The zero-order chi connectivity index (χ0) is 16.9. The van der Waals surface area contributed by atoms with Crippen LogP contribution in [0.1, 0.15) is 10.7 Å². The van der Waals surface area contributed by atoms with Crippen LogP contribution in [0.25, 0.3) is 17.1 Å². The molecule has 0 spiro atoms. The molecule has 24 heavy (non-hydrogen) atoms. The lowest BCUT2D eigenvalue weighted by Gasteiger charge is -2.03. The number of rotatable bonds is 5. The van der Waals surface area contributed by atoms with E-state index in [1.165, 1.54) is 6.34 Å². The Morgan fingerprint density at radius 2 is 2.08 bits per heavy atom. The molecule has 8 nitrogen and oxygen atoms in total. The number of aromatic nitrogens is 3. The molecule has 2 aromatic heterocycles. The fourth-order valence-corrected chi connectivity index (χ4v) is 2.00. The van der Waals surface area contributed by atoms with Crippen LogP contribution in [-0.2, 0) is 0 Å². The van der Waals surface area contributed by atoms with Crippen molar-refractivity contribution in [2.24, 2.45) is 5.10 Å². The van der Waals surface area contributed by atoms with Gasteiger partial charge in [0.25, 0.3) is 0 Å². The molecule has 1 amide bonds. The van der Waals surface area contributed by atoms with Gasteiger partial charge < -0.3 is 14.0 Å². The molecule has 0 atom stereocenters. The molecule has 0 aliphatic rings. The standard InChI is InChI=1S/C16H16N6O2/c1-21(2)11-17-19-15(23)16-18-14(20-24-16)12-6-5-7-13(10-12)22-8-3-4-9-22/h3-11H,1-2H3,(H,19,23)/b17-11-. The van der Waals surface area contributed by atoms with Crippen LogP contribution < -0.4 is 5.43 Å². The molecule has 0 fully saturated rings. The summed E-state index contributed by atoms with van der Waals surface area (Å²) in [5.74, 6) is -0.369. The number of amides is 1. The highest BCUT2D eigenvalue weighted by Crippen LogP contribution is 2.19. The summed E-state index contributed by atoms with van der Waals surface area (Å²) in [6, 6.07) is 11.5. The van der Waals surface area contributed by atoms with Crippen LogP contribution >= 0.6 is 0 Å². The topological polar surface area (TPSA) is 88.5 Å². The lowest BCUT2D eigenvalue weighted by molar-refractivity contribution is 0.0911. The molecule has 122 valence electrons. The third-order valence-corrected chi connectivity index (χ3v) is 3.08. The lowest BCUT2D eigenvalue weighted by atomic mass is 10.2. The highest BCUT2D eigenvalue weighted by atomic mass is 16.5. The van der Waals surface area contributed by atoms with Crippen molar-refractivity contribution < 1.29 is 9.32 Å². The Kier molecular flexibility index (Phi) is 4.37. The molecule has 1 N–H and O–H groups in total. The van der Waals surface area contributed by atoms with E-state index in [2.05, 4.69) is 20.7 Å². The molecular formula is C16H16N6O2. The first-order chi connectivity index (χ1) is 11.6. The highest BCUT2D eigenvalue weighted by Gasteiger charge is 2.16. The summed E-state index contributed by atoms with van der Waals surface area (Å²) in [6.07, 6.45) is 5.34. The first kappa shape index (κ1) is 15.5. The number of benzene rings is 1. The maximum atomic E-state index is 11.9. The number of hydrogen-bond acceptors (Lipinski definition) is 5. The Labute approximate surface area is 138 Å². The number of nitrogens with zero attached hydrogens (tertiary/aromatic N) is 5. The minimum absolute atomic E-state index is 0.146. The minimum Gasteiger partial charge on any atom is -0.367 e. The van der Waals surface area contributed by atoms with E-state index in [4.69, 9.17) is 4.52 Å². The summed E-state index contributed by atoms with van der Waals surface area (Å²) in [6.45, 7) is 0. The number of nitrogens with one attached hydrogen (secondary N) is 1. The average Bonchev–Trinajstić information content (AvgIpc) is 3.26. The van der Waals surface area contributed by atoms with Crippen molar-refractivity contribution >= 4 is 12.2 Å². The van der Waals surface area contributed by atoms with Gasteiger partial charge in [-0.1, -0.05) is 17.3 Å². The van der Waals surface area contributed by atoms with E-state index >= 15 is 0 Å². The molecule has 0 bridgehead atoms. The molecule has 0 unspecified atom stereocenters. The minimum atomic E-state index is -0.562. The van der Waals surface area contributed by atoms with Gasteiger partial charge in [-0.2, -0.15) is 10.1 Å². The van der Waals surface area contributed by atoms with Gasteiger partial charge in [-0.15, -0.1) is 0 Å². The van der Waals surface area contributed by atoms with Crippen LogP contribution in [0, 0.1) is 0 Å². The second kappa shape index (κ2) is 6.78. The Hall–Kier alpha value is -3.42.